The van der Waals surface area contributed by atoms with Gasteiger partial charge in [0.1, 0.15) is 0 Å². The van der Waals surface area contributed by atoms with E-state index in [1.165, 1.54) is 23.1 Å². The van der Waals surface area contributed by atoms with Crippen LogP contribution in [-0.4, -0.2) is 33.7 Å². The highest BCUT2D eigenvalue weighted by Gasteiger charge is 2.18. The molecule has 0 amide bonds. The Kier molecular flexibility index (Phi) is 3.18. The zero-order chi connectivity index (χ0) is 12.5. The van der Waals surface area contributed by atoms with Crippen LogP contribution in [0, 0.1) is 10.1 Å². The predicted molar refractivity (Wildman–Crippen MR) is 60.5 cm³/mol. The Morgan fingerprint density at radius 3 is 2.25 bits per heavy atom. The third kappa shape index (κ3) is 2.48. The van der Waals surface area contributed by atoms with E-state index in [-0.39, 0.29) is 10.6 Å². The minimum absolute atomic E-state index is 0.0862. The van der Waals surface area contributed by atoms with E-state index >= 15 is 0 Å². The van der Waals surface area contributed by atoms with Gasteiger partial charge in [-0.25, -0.2) is 8.42 Å². The Morgan fingerprint density at radius 1 is 1.31 bits per heavy atom. The topological polar surface area (TPSA) is 80.5 Å². The van der Waals surface area contributed by atoms with E-state index < -0.39 is 14.8 Å². The van der Waals surface area contributed by atoms with Crippen LogP contribution in [0.2, 0.25) is 0 Å². The quantitative estimate of drug-likeness (QED) is 0.586. The summed E-state index contributed by atoms with van der Waals surface area (Å²) in [5.41, 5.74) is 0.188. The van der Waals surface area contributed by atoms with Gasteiger partial charge in [0.25, 0.3) is 5.69 Å². The fraction of sp³-hybridized carbons (Fsp3) is 0.333. The molecular weight excluding hydrogens is 232 g/mol. The first kappa shape index (κ1) is 12.4. The molecule has 0 spiro atoms. The molecule has 88 valence electrons. The van der Waals surface area contributed by atoms with Gasteiger partial charge in [-0.15, -0.1) is 0 Å². The van der Waals surface area contributed by atoms with Gasteiger partial charge in [-0.3, -0.25) is 10.1 Å². The van der Waals surface area contributed by atoms with E-state index in [1.807, 2.05) is 0 Å². The van der Waals surface area contributed by atoms with Gasteiger partial charge in [-0.1, -0.05) is 0 Å². The molecule has 0 aliphatic rings. The van der Waals surface area contributed by atoms with Gasteiger partial charge in [0.15, 0.2) is 9.84 Å². The van der Waals surface area contributed by atoms with Crippen molar-refractivity contribution >= 4 is 21.2 Å². The molecule has 0 aliphatic heterocycles. The minimum atomic E-state index is -3.39. The van der Waals surface area contributed by atoms with Crippen LogP contribution in [0.1, 0.15) is 0 Å². The SMILES string of the molecule is CN(C)c1cc([N+](=O)[O-])ccc1S(C)(=O)=O. The number of hydrogen-bond acceptors (Lipinski definition) is 5. The normalized spacial score (nSPS) is 11.2. The zero-order valence-corrected chi connectivity index (χ0v) is 9.98. The Bertz CT molecular complexity index is 522. The molecule has 1 aromatic rings. The lowest BCUT2D eigenvalue weighted by Gasteiger charge is -2.15. The molecule has 0 N–H and O–H groups in total. The van der Waals surface area contributed by atoms with Gasteiger partial charge < -0.3 is 4.90 Å². The van der Waals surface area contributed by atoms with Crippen LogP contribution in [0.3, 0.4) is 0 Å². The van der Waals surface area contributed by atoms with Crippen molar-refractivity contribution in [1.29, 1.82) is 0 Å². The van der Waals surface area contributed by atoms with E-state index in [1.54, 1.807) is 14.1 Å². The van der Waals surface area contributed by atoms with E-state index in [4.69, 9.17) is 0 Å². The predicted octanol–water partition coefficient (Wildman–Crippen LogP) is 1.06. The number of nitro groups is 1. The lowest BCUT2D eigenvalue weighted by atomic mass is 10.2. The average molecular weight is 244 g/mol. The van der Waals surface area contributed by atoms with Gasteiger partial charge >= 0.3 is 0 Å². The molecule has 0 atom stereocenters. The van der Waals surface area contributed by atoms with Crippen molar-refractivity contribution < 1.29 is 13.3 Å². The van der Waals surface area contributed by atoms with Crippen molar-refractivity contribution in [1.82, 2.24) is 0 Å². The highest BCUT2D eigenvalue weighted by Crippen LogP contribution is 2.28. The summed E-state index contributed by atoms with van der Waals surface area (Å²) in [4.78, 5) is 11.6. The Labute approximate surface area is 93.6 Å². The number of sulfone groups is 1. The summed E-state index contributed by atoms with van der Waals surface area (Å²) in [5.74, 6) is 0. The first-order valence-electron chi connectivity index (χ1n) is 4.39. The lowest BCUT2D eigenvalue weighted by Crippen LogP contribution is -2.13. The molecule has 0 aromatic heterocycles. The molecule has 0 aliphatic carbocycles. The molecule has 16 heavy (non-hydrogen) atoms. The molecule has 0 saturated heterocycles. The zero-order valence-electron chi connectivity index (χ0n) is 9.17. The highest BCUT2D eigenvalue weighted by atomic mass is 32.2. The summed E-state index contributed by atoms with van der Waals surface area (Å²) in [6.07, 6.45) is 1.07. The summed E-state index contributed by atoms with van der Waals surface area (Å²) in [6, 6.07) is 3.68. The van der Waals surface area contributed by atoms with Crippen LogP contribution in [-0.2, 0) is 9.84 Å². The maximum Gasteiger partial charge on any atom is 0.271 e. The van der Waals surface area contributed by atoms with E-state index in [0.717, 1.165) is 6.26 Å². The molecule has 0 radical (unpaired) electrons. The van der Waals surface area contributed by atoms with Gasteiger partial charge in [0.05, 0.1) is 15.5 Å². The van der Waals surface area contributed by atoms with Crippen LogP contribution < -0.4 is 4.90 Å². The third-order valence-electron chi connectivity index (χ3n) is 2.03. The third-order valence-corrected chi connectivity index (χ3v) is 3.18. The van der Waals surface area contributed by atoms with Crippen molar-refractivity contribution in [3.63, 3.8) is 0 Å². The molecule has 0 bridgehead atoms. The van der Waals surface area contributed by atoms with Crippen LogP contribution in [0.25, 0.3) is 0 Å². The first-order valence-corrected chi connectivity index (χ1v) is 6.28. The Hall–Kier alpha value is -1.63. The monoisotopic (exact) mass is 244 g/mol. The van der Waals surface area contributed by atoms with Crippen LogP contribution in [0.15, 0.2) is 23.1 Å². The number of non-ortho nitro benzene ring substituents is 1. The molecular formula is C9H12N2O4S. The summed E-state index contributed by atoms with van der Waals surface area (Å²) in [6.45, 7) is 0. The van der Waals surface area contributed by atoms with Gasteiger partial charge in [0, 0.05) is 32.5 Å². The summed E-state index contributed by atoms with van der Waals surface area (Å²) in [5, 5.41) is 10.6. The molecule has 0 unspecified atom stereocenters. The Balaban J connectivity index is 3.49. The van der Waals surface area contributed by atoms with Gasteiger partial charge in [0.2, 0.25) is 0 Å². The van der Waals surface area contributed by atoms with Gasteiger partial charge in [-0.2, -0.15) is 0 Å². The molecule has 0 heterocycles. The fourth-order valence-corrected chi connectivity index (χ4v) is 2.22. The number of benzene rings is 1. The van der Waals surface area contributed by atoms with Crippen molar-refractivity contribution in [2.24, 2.45) is 0 Å². The second-order valence-corrected chi connectivity index (χ2v) is 5.56. The second-order valence-electron chi connectivity index (χ2n) is 3.58. The average Bonchev–Trinajstić information content (AvgIpc) is 2.15. The fourth-order valence-electron chi connectivity index (χ4n) is 1.28. The number of rotatable bonds is 3. The molecule has 7 heteroatoms. The maximum atomic E-state index is 11.4. The number of anilines is 1. The summed E-state index contributed by atoms with van der Waals surface area (Å²) in [7, 11) is -0.120. The van der Waals surface area contributed by atoms with Crippen molar-refractivity contribution in [2.45, 2.75) is 4.90 Å². The smallest absolute Gasteiger partial charge is 0.271 e. The number of nitrogens with zero attached hydrogens (tertiary/aromatic N) is 2. The number of hydrogen-bond donors (Lipinski definition) is 0. The largest absolute Gasteiger partial charge is 0.376 e. The van der Waals surface area contributed by atoms with Crippen LogP contribution in [0.5, 0.6) is 0 Å². The molecule has 0 fully saturated rings. The summed E-state index contributed by atoms with van der Waals surface area (Å²) < 4.78 is 22.9. The van der Waals surface area contributed by atoms with E-state index in [9.17, 15) is 18.5 Å². The molecule has 0 saturated carbocycles. The molecule has 6 nitrogen and oxygen atoms in total. The Morgan fingerprint density at radius 2 is 1.88 bits per heavy atom. The molecule has 1 rings (SSSR count). The van der Waals surface area contributed by atoms with Crippen molar-refractivity contribution in [3.8, 4) is 0 Å². The maximum absolute atomic E-state index is 11.4. The lowest BCUT2D eigenvalue weighted by molar-refractivity contribution is -0.384. The second kappa shape index (κ2) is 4.09. The minimum Gasteiger partial charge on any atom is -0.376 e. The summed E-state index contributed by atoms with van der Waals surface area (Å²) >= 11 is 0. The van der Waals surface area contributed by atoms with Crippen molar-refractivity contribution in [3.05, 3.63) is 28.3 Å². The standard InChI is InChI=1S/C9H12N2O4S/c1-10(2)8-6-7(11(12)13)4-5-9(8)16(3,14)15/h4-6H,1-3H3. The van der Waals surface area contributed by atoms with Crippen molar-refractivity contribution in [2.75, 3.05) is 25.3 Å². The highest BCUT2D eigenvalue weighted by molar-refractivity contribution is 7.90. The van der Waals surface area contributed by atoms with E-state index in [2.05, 4.69) is 0 Å². The van der Waals surface area contributed by atoms with Crippen LogP contribution in [0.4, 0.5) is 11.4 Å². The first-order chi connectivity index (χ1) is 7.23. The van der Waals surface area contributed by atoms with Gasteiger partial charge in [-0.05, 0) is 6.07 Å². The number of nitro benzene ring substituents is 1. The van der Waals surface area contributed by atoms with E-state index in [0.29, 0.717) is 5.69 Å². The molecule has 1 aromatic carbocycles. The van der Waals surface area contributed by atoms with Crippen LogP contribution >= 0.6 is 0 Å².